The Morgan fingerprint density at radius 3 is 1.89 bits per heavy atom. The molecule has 0 saturated heterocycles. The van der Waals surface area contributed by atoms with Gasteiger partial charge in [0, 0.05) is 7.11 Å². The summed E-state index contributed by atoms with van der Waals surface area (Å²) in [6.45, 7) is 7.47. The fourth-order valence-electron chi connectivity index (χ4n) is 0.360. The van der Waals surface area contributed by atoms with Crippen molar-refractivity contribution in [2.45, 2.75) is 19.4 Å². The predicted molar refractivity (Wildman–Crippen MR) is 37.2 cm³/mol. The van der Waals surface area contributed by atoms with Crippen molar-refractivity contribution in [3.63, 3.8) is 0 Å². The maximum Gasteiger partial charge on any atom is 0.120 e. The molecule has 2 nitrogen and oxygen atoms in total. The quantitative estimate of drug-likeness (QED) is 0.540. The molecule has 0 aliphatic carbocycles. The number of hydrogen-bond acceptors (Lipinski definition) is 2. The van der Waals surface area contributed by atoms with Gasteiger partial charge in [-0.15, -0.1) is 0 Å². The summed E-state index contributed by atoms with van der Waals surface area (Å²) in [7, 11) is 3.22. The third-order valence-corrected chi connectivity index (χ3v) is 1.43. The van der Waals surface area contributed by atoms with E-state index in [0.29, 0.717) is 5.76 Å². The molecular formula is C7H14O2. The van der Waals surface area contributed by atoms with Gasteiger partial charge in [-0.25, -0.2) is 0 Å². The average Bonchev–Trinajstić information content (AvgIpc) is 1.86. The number of hydrogen-bond donors (Lipinski definition) is 0. The minimum atomic E-state index is -0.366. The molecule has 0 aliphatic heterocycles. The van der Waals surface area contributed by atoms with E-state index in [9.17, 15) is 0 Å². The Bertz CT molecular complexity index is 105. The van der Waals surface area contributed by atoms with Crippen molar-refractivity contribution in [2.75, 3.05) is 14.2 Å². The van der Waals surface area contributed by atoms with E-state index in [-0.39, 0.29) is 5.60 Å². The number of methoxy groups -OCH3 is 2. The molecule has 0 amide bonds. The van der Waals surface area contributed by atoms with Gasteiger partial charge < -0.3 is 9.47 Å². The first-order valence-electron chi connectivity index (χ1n) is 2.83. The maximum absolute atomic E-state index is 5.07. The molecule has 0 bridgehead atoms. The van der Waals surface area contributed by atoms with Gasteiger partial charge in [-0.3, -0.25) is 0 Å². The van der Waals surface area contributed by atoms with Crippen LogP contribution in [0.5, 0.6) is 0 Å². The Balaban J connectivity index is 3.97. The van der Waals surface area contributed by atoms with E-state index in [1.165, 1.54) is 0 Å². The van der Waals surface area contributed by atoms with Crippen molar-refractivity contribution in [2.24, 2.45) is 0 Å². The van der Waals surface area contributed by atoms with Crippen LogP contribution in [0, 0.1) is 0 Å². The third-order valence-electron chi connectivity index (χ3n) is 1.43. The number of ether oxygens (including phenoxy) is 2. The maximum atomic E-state index is 5.07. The van der Waals surface area contributed by atoms with E-state index in [4.69, 9.17) is 9.47 Å². The molecule has 0 aromatic carbocycles. The number of rotatable bonds is 3. The molecule has 0 spiro atoms. The van der Waals surface area contributed by atoms with Crippen molar-refractivity contribution >= 4 is 0 Å². The standard InChI is InChI=1S/C7H14O2/c1-6(8-4)7(2,3)9-5/h1H2,2-5H3. The lowest BCUT2D eigenvalue weighted by atomic mass is 10.1. The largest absolute Gasteiger partial charge is 0.499 e. The predicted octanol–water partition coefficient (Wildman–Crippen LogP) is 1.57. The van der Waals surface area contributed by atoms with Gasteiger partial charge in [0.15, 0.2) is 0 Å². The zero-order chi connectivity index (χ0) is 7.49. The highest BCUT2D eigenvalue weighted by Crippen LogP contribution is 2.17. The second kappa shape index (κ2) is 2.87. The Morgan fingerprint density at radius 2 is 1.78 bits per heavy atom. The summed E-state index contributed by atoms with van der Waals surface area (Å²) < 4.78 is 9.95. The molecule has 0 saturated carbocycles. The zero-order valence-electron chi connectivity index (χ0n) is 6.52. The van der Waals surface area contributed by atoms with Crippen molar-refractivity contribution in [1.82, 2.24) is 0 Å². The second-order valence-electron chi connectivity index (χ2n) is 2.34. The minimum absolute atomic E-state index is 0.366. The molecule has 2 heteroatoms. The van der Waals surface area contributed by atoms with Crippen molar-refractivity contribution in [3.8, 4) is 0 Å². The lowest BCUT2D eigenvalue weighted by molar-refractivity contribution is 0.0107. The fraction of sp³-hybridized carbons (Fsp3) is 0.714. The van der Waals surface area contributed by atoms with E-state index in [0.717, 1.165) is 0 Å². The van der Waals surface area contributed by atoms with Crippen LogP contribution in [-0.2, 0) is 9.47 Å². The first-order valence-corrected chi connectivity index (χ1v) is 2.83. The molecule has 0 atom stereocenters. The van der Waals surface area contributed by atoms with Crippen molar-refractivity contribution in [3.05, 3.63) is 12.3 Å². The van der Waals surface area contributed by atoms with Gasteiger partial charge >= 0.3 is 0 Å². The summed E-state index contributed by atoms with van der Waals surface area (Å²) in [5, 5.41) is 0. The van der Waals surface area contributed by atoms with Crippen LogP contribution in [0.1, 0.15) is 13.8 Å². The van der Waals surface area contributed by atoms with Crippen LogP contribution < -0.4 is 0 Å². The summed E-state index contributed by atoms with van der Waals surface area (Å²) in [6, 6.07) is 0. The SMILES string of the molecule is C=C(OC)C(C)(C)OC. The van der Waals surface area contributed by atoms with Crippen LogP contribution in [-0.4, -0.2) is 19.8 Å². The summed E-state index contributed by atoms with van der Waals surface area (Å²) in [4.78, 5) is 0. The summed E-state index contributed by atoms with van der Waals surface area (Å²) >= 11 is 0. The Morgan fingerprint density at radius 1 is 1.33 bits per heavy atom. The Kier molecular flexibility index (Phi) is 2.71. The highest BCUT2D eigenvalue weighted by molar-refractivity contribution is 5.00. The fourth-order valence-corrected chi connectivity index (χ4v) is 0.360. The van der Waals surface area contributed by atoms with E-state index < -0.39 is 0 Å². The Hall–Kier alpha value is -0.500. The lowest BCUT2D eigenvalue weighted by Gasteiger charge is -2.23. The van der Waals surface area contributed by atoms with Gasteiger partial charge in [-0.05, 0) is 13.8 Å². The summed E-state index contributed by atoms with van der Waals surface area (Å²) in [5.41, 5.74) is -0.366. The van der Waals surface area contributed by atoms with Gasteiger partial charge in [-0.2, -0.15) is 0 Å². The molecule has 0 rings (SSSR count). The molecule has 0 N–H and O–H groups in total. The van der Waals surface area contributed by atoms with Crippen LogP contribution in [0.25, 0.3) is 0 Å². The van der Waals surface area contributed by atoms with E-state index in [2.05, 4.69) is 6.58 Å². The van der Waals surface area contributed by atoms with Crippen LogP contribution in [0.4, 0.5) is 0 Å². The molecule has 0 heterocycles. The monoisotopic (exact) mass is 130 g/mol. The van der Waals surface area contributed by atoms with Crippen LogP contribution in [0.3, 0.4) is 0 Å². The van der Waals surface area contributed by atoms with E-state index in [1.54, 1.807) is 14.2 Å². The van der Waals surface area contributed by atoms with E-state index >= 15 is 0 Å². The van der Waals surface area contributed by atoms with Gasteiger partial charge in [0.05, 0.1) is 7.11 Å². The third kappa shape index (κ3) is 2.06. The Labute approximate surface area is 56.5 Å². The molecule has 0 aliphatic rings. The topological polar surface area (TPSA) is 18.5 Å². The molecule has 0 radical (unpaired) electrons. The van der Waals surface area contributed by atoms with Crippen molar-refractivity contribution < 1.29 is 9.47 Å². The first-order chi connectivity index (χ1) is 4.04. The smallest absolute Gasteiger partial charge is 0.120 e. The van der Waals surface area contributed by atoms with Gasteiger partial charge in [0.1, 0.15) is 11.4 Å². The first kappa shape index (κ1) is 8.50. The molecule has 0 fully saturated rings. The normalized spacial score (nSPS) is 11.1. The molecule has 0 unspecified atom stereocenters. The molecule has 54 valence electrons. The molecule has 9 heavy (non-hydrogen) atoms. The summed E-state index contributed by atoms with van der Waals surface area (Å²) in [6.07, 6.45) is 0. The average molecular weight is 130 g/mol. The summed E-state index contributed by atoms with van der Waals surface area (Å²) in [5.74, 6) is 0.644. The van der Waals surface area contributed by atoms with Gasteiger partial charge in [0.25, 0.3) is 0 Å². The van der Waals surface area contributed by atoms with Crippen LogP contribution >= 0.6 is 0 Å². The van der Waals surface area contributed by atoms with Gasteiger partial charge in [-0.1, -0.05) is 6.58 Å². The lowest BCUT2D eigenvalue weighted by Crippen LogP contribution is -2.25. The second-order valence-corrected chi connectivity index (χ2v) is 2.34. The van der Waals surface area contributed by atoms with Crippen molar-refractivity contribution in [1.29, 1.82) is 0 Å². The molecule has 0 aromatic rings. The van der Waals surface area contributed by atoms with Crippen LogP contribution in [0.15, 0.2) is 12.3 Å². The van der Waals surface area contributed by atoms with E-state index in [1.807, 2.05) is 13.8 Å². The highest BCUT2D eigenvalue weighted by atomic mass is 16.5. The minimum Gasteiger partial charge on any atom is -0.499 e. The van der Waals surface area contributed by atoms with Crippen LogP contribution in [0.2, 0.25) is 0 Å². The highest BCUT2D eigenvalue weighted by Gasteiger charge is 2.20. The van der Waals surface area contributed by atoms with Gasteiger partial charge in [0.2, 0.25) is 0 Å². The molecular weight excluding hydrogens is 116 g/mol. The molecule has 0 aromatic heterocycles. The zero-order valence-corrected chi connectivity index (χ0v) is 6.52.